The van der Waals surface area contributed by atoms with E-state index in [0.29, 0.717) is 19.3 Å². The van der Waals surface area contributed by atoms with Crippen molar-refractivity contribution in [3.63, 3.8) is 0 Å². The van der Waals surface area contributed by atoms with E-state index < -0.39 is 27.0 Å². The molecular formula is C25H35N3O5S2. The van der Waals surface area contributed by atoms with E-state index in [0.717, 1.165) is 22.4 Å². The van der Waals surface area contributed by atoms with E-state index in [1.54, 1.807) is 0 Å². The molecule has 2 aliphatic rings. The highest BCUT2D eigenvalue weighted by atomic mass is 32.2. The lowest BCUT2D eigenvalue weighted by Gasteiger charge is -2.58. The Morgan fingerprint density at radius 3 is 2.60 bits per heavy atom. The number of amides is 1. The minimum Gasteiger partial charge on any atom is -0.396 e. The molecule has 4 N–H and O–H groups in total. The maximum Gasteiger partial charge on any atom is 0.231 e. The number of anilines is 1. The number of carbonyl (C=O) groups excluding carboxylic acids is 1. The van der Waals surface area contributed by atoms with Gasteiger partial charge >= 0.3 is 0 Å². The van der Waals surface area contributed by atoms with Gasteiger partial charge in [-0.2, -0.15) is 0 Å². The summed E-state index contributed by atoms with van der Waals surface area (Å²) in [4.78, 5) is 18.9. The van der Waals surface area contributed by atoms with E-state index in [2.05, 4.69) is 21.9 Å². The SMILES string of the molecule is CC(NC(=O)CC1c2nc(NS(C)(=O)=O)sc2CC2C(C)(CO)C(O)CCC12C)c1ccccc1. The summed E-state index contributed by atoms with van der Waals surface area (Å²) in [5.74, 6) is -0.474. The van der Waals surface area contributed by atoms with Crippen LogP contribution in [0, 0.1) is 16.7 Å². The Balaban J connectivity index is 1.69. The van der Waals surface area contributed by atoms with Crippen LogP contribution in [0.25, 0.3) is 0 Å². The third-order valence-electron chi connectivity index (χ3n) is 8.23. The molecule has 1 saturated carbocycles. The summed E-state index contributed by atoms with van der Waals surface area (Å²) in [7, 11) is -3.50. The number of nitrogens with zero attached hydrogens (tertiary/aromatic N) is 1. The van der Waals surface area contributed by atoms with Crippen molar-refractivity contribution in [1.29, 1.82) is 0 Å². The van der Waals surface area contributed by atoms with Crippen LogP contribution >= 0.6 is 11.3 Å². The number of benzene rings is 1. The summed E-state index contributed by atoms with van der Waals surface area (Å²) in [5.41, 5.74) is 0.633. The molecule has 1 amide bonds. The molecule has 35 heavy (non-hydrogen) atoms. The van der Waals surface area contributed by atoms with Gasteiger partial charge in [-0.1, -0.05) is 44.2 Å². The smallest absolute Gasteiger partial charge is 0.231 e. The Kier molecular flexibility index (Phi) is 7.04. The summed E-state index contributed by atoms with van der Waals surface area (Å²) < 4.78 is 26.2. The maximum absolute atomic E-state index is 13.3. The van der Waals surface area contributed by atoms with Crippen LogP contribution in [0.3, 0.4) is 0 Å². The summed E-state index contributed by atoms with van der Waals surface area (Å²) in [6.45, 7) is 5.82. The van der Waals surface area contributed by atoms with Gasteiger partial charge in [-0.05, 0) is 43.1 Å². The first-order chi connectivity index (χ1) is 16.4. The van der Waals surface area contributed by atoms with Gasteiger partial charge in [0.1, 0.15) is 0 Å². The number of thiazole rings is 1. The first-order valence-corrected chi connectivity index (χ1v) is 14.7. The van der Waals surface area contributed by atoms with Gasteiger partial charge in [0.25, 0.3) is 0 Å². The highest BCUT2D eigenvalue weighted by molar-refractivity contribution is 7.92. The van der Waals surface area contributed by atoms with Crippen LogP contribution < -0.4 is 10.0 Å². The number of sulfonamides is 1. The van der Waals surface area contributed by atoms with Crippen LogP contribution in [0.4, 0.5) is 5.13 Å². The van der Waals surface area contributed by atoms with Crippen LogP contribution in [-0.2, 0) is 21.2 Å². The molecule has 1 fully saturated rings. The molecule has 1 heterocycles. The number of fused-ring (bicyclic) bond motifs is 2. The van der Waals surface area contributed by atoms with Crippen molar-refractivity contribution in [2.45, 2.75) is 64.5 Å². The van der Waals surface area contributed by atoms with Crippen molar-refractivity contribution in [3.8, 4) is 0 Å². The fourth-order valence-corrected chi connectivity index (χ4v) is 8.06. The molecule has 10 heteroatoms. The lowest BCUT2D eigenvalue weighted by atomic mass is 9.47. The Morgan fingerprint density at radius 2 is 1.97 bits per heavy atom. The van der Waals surface area contributed by atoms with Crippen molar-refractivity contribution >= 4 is 32.4 Å². The molecule has 2 aliphatic carbocycles. The van der Waals surface area contributed by atoms with Crippen LogP contribution in [-0.4, -0.2) is 48.5 Å². The standard InChI is InChI=1S/C25H35N3O5S2/c1-15(16-8-6-5-7-9-16)26-21(31)12-17-22-18(34-23(27-22)28-35(4,32)33)13-19-24(17,2)11-10-20(30)25(19,3)14-29/h5-9,15,17,19-20,29-30H,10-14H2,1-4H3,(H,26,31)(H,27,28). The zero-order valence-corrected chi connectivity index (χ0v) is 22.2. The molecule has 0 spiro atoms. The number of aromatic nitrogens is 1. The van der Waals surface area contributed by atoms with Crippen molar-refractivity contribution in [3.05, 3.63) is 46.5 Å². The number of hydrogen-bond donors (Lipinski definition) is 4. The minimum absolute atomic E-state index is 0.0906. The second-order valence-electron chi connectivity index (χ2n) is 10.6. The van der Waals surface area contributed by atoms with Gasteiger partial charge in [-0.3, -0.25) is 9.52 Å². The minimum atomic E-state index is -3.50. The molecule has 2 aromatic rings. The van der Waals surface area contributed by atoms with Crippen molar-refractivity contribution in [2.75, 3.05) is 17.6 Å². The first kappa shape index (κ1) is 26.1. The third-order valence-corrected chi connectivity index (χ3v) is 9.94. The van der Waals surface area contributed by atoms with Crippen molar-refractivity contribution in [1.82, 2.24) is 10.3 Å². The summed E-state index contributed by atoms with van der Waals surface area (Å²) >= 11 is 1.27. The highest BCUT2D eigenvalue weighted by Crippen LogP contribution is 2.62. The molecule has 192 valence electrons. The number of aliphatic hydroxyl groups is 2. The van der Waals surface area contributed by atoms with Gasteiger partial charge in [0, 0.05) is 22.6 Å². The Labute approximate surface area is 211 Å². The first-order valence-electron chi connectivity index (χ1n) is 12.0. The fraction of sp³-hybridized carbons (Fsp3) is 0.600. The number of carbonyl (C=O) groups is 1. The normalized spacial score (nSPS) is 31.2. The van der Waals surface area contributed by atoms with E-state index in [1.807, 2.05) is 44.2 Å². The van der Waals surface area contributed by atoms with Crippen LogP contribution in [0.15, 0.2) is 30.3 Å². The number of hydrogen-bond acceptors (Lipinski definition) is 7. The van der Waals surface area contributed by atoms with Gasteiger partial charge in [0.05, 0.1) is 30.7 Å². The molecular weight excluding hydrogens is 486 g/mol. The lowest BCUT2D eigenvalue weighted by Crippen LogP contribution is -2.57. The van der Waals surface area contributed by atoms with Gasteiger partial charge in [-0.15, -0.1) is 11.3 Å². The third kappa shape index (κ3) is 4.98. The Hall–Kier alpha value is -2.01. The average molecular weight is 522 g/mol. The maximum atomic E-state index is 13.3. The number of rotatable bonds is 7. The number of nitrogens with one attached hydrogen (secondary N) is 2. The molecule has 0 bridgehead atoms. The van der Waals surface area contributed by atoms with Gasteiger partial charge in [0.15, 0.2) is 5.13 Å². The second-order valence-corrected chi connectivity index (χ2v) is 13.5. The van der Waals surface area contributed by atoms with Crippen molar-refractivity contribution < 1.29 is 23.4 Å². The Morgan fingerprint density at radius 1 is 1.29 bits per heavy atom. The van der Waals surface area contributed by atoms with E-state index in [9.17, 15) is 23.4 Å². The molecule has 6 atom stereocenters. The fourth-order valence-electron chi connectivity index (χ4n) is 6.16. The topological polar surface area (TPSA) is 129 Å². The van der Waals surface area contributed by atoms with Crippen LogP contribution in [0.2, 0.25) is 0 Å². The highest BCUT2D eigenvalue weighted by Gasteiger charge is 2.59. The average Bonchev–Trinajstić information content (AvgIpc) is 3.18. The van der Waals surface area contributed by atoms with Crippen LogP contribution in [0.5, 0.6) is 0 Å². The van der Waals surface area contributed by atoms with E-state index >= 15 is 0 Å². The van der Waals surface area contributed by atoms with Gasteiger partial charge < -0.3 is 15.5 Å². The number of aliphatic hydroxyl groups excluding tert-OH is 2. The molecule has 1 aromatic heterocycles. The Bertz CT molecular complexity index is 1180. The molecule has 8 nitrogen and oxygen atoms in total. The second kappa shape index (κ2) is 9.46. The summed E-state index contributed by atoms with van der Waals surface area (Å²) in [5, 5.41) is 24.6. The zero-order chi connectivity index (χ0) is 25.6. The quantitative estimate of drug-likeness (QED) is 0.443. The molecule has 6 unspecified atom stereocenters. The summed E-state index contributed by atoms with van der Waals surface area (Å²) in [6, 6.07) is 9.59. The van der Waals surface area contributed by atoms with Gasteiger partial charge in [-0.25, -0.2) is 13.4 Å². The van der Waals surface area contributed by atoms with Crippen molar-refractivity contribution in [2.24, 2.45) is 16.7 Å². The molecule has 0 radical (unpaired) electrons. The molecule has 4 rings (SSSR count). The van der Waals surface area contributed by atoms with Gasteiger partial charge in [0.2, 0.25) is 15.9 Å². The monoisotopic (exact) mass is 521 g/mol. The van der Waals surface area contributed by atoms with Crippen LogP contribution in [0.1, 0.15) is 68.1 Å². The molecule has 0 saturated heterocycles. The molecule has 1 aromatic carbocycles. The largest absolute Gasteiger partial charge is 0.396 e. The lowest BCUT2D eigenvalue weighted by molar-refractivity contribution is -0.144. The predicted octanol–water partition coefficient (Wildman–Crippen LogP) is 3.20. The van der Waals surface area contributed by atoms with E-state index in [4.69, 9.17) is 0 Å². The zero-order valence-electron chi connectivity index (χ0n) is 20.6. The predicted molar refractivity (Wildman–Crippen MR) is 137 cm³/mol. The molecule has 0 aliphatic heterocycles. The van der Waals surface area contributed by atoms with E-state index in [1.165, 1.54) is 11.3 Å². The summed E-state index contributed by atoms with van der Waals surface area (Å²) in [6.07, 6.45) is 2.41. The van der Waals surface area contributed by atoms with E-state index in [-0.39, 0.29) is 41.9 Å².